The zero-order chi connectivity index (χ0) is 7.82. The van der Waals surface area contributed by atoms with E-state index in [1.54, 1.807) is 0 Å². The van der Waals surface area contributed by atoms with Gasteiger partial charge in [0.25, 0.3) is 0 Å². The standard InChI is InChI=1S/C9H17N/c1-4-7-9(6-3)10-8-5-2/h4-5,7,9-10H,2,6,8H2,1,3H3/b7-4-/t9-/m0/s1. The van der Waals surface area contributed by atoms with Crippen molar-refractivity contribution in [2.24, 2.45) is 0 Å². The first kappa shape index (κ1) is 9.44. The Kier molecular flexibility index (Phi) is 6.19. The van der Waals surface area contributed by atoms with Crippen LogP contribution in [0, 0.1) is 0 Å². The van der Waals surface area contributed by atoms with Crippen LogP contribution in [-0.4, -0.2) is 12.6 Å². The monoisotopic (exact) mass is 139 g/mol. The van der Waals surface area contributed by atoms with E-state index in [4.69, 9.17) is 0 Å². The zero-order valence-corrected chi connectivity index (χ0v) is 6.93. The average Bonchev–Trinajstić information content (AvgIpc) is 1.98. The van der Waals surface area contributed by atoms with Gasteiger partial charge in [0.1, 0.15) is 0 Å². The highest BCUT2D eigenvalue weighted by molar-refractivity contribution is 4.91. The highest BCUT2D eigenvalue weighted by Gasteiger charge is 1.95. The van der Waals surface area contributed by atoms with Gasteiger partial charge in [-0.3, -0.25) is 0 Å². The SMILES string of the molecule is C=CCN[C@H](/C=C\C)CC. The predicted molar refractivity (Wildman–Crippen MR) is 47.1 cm³/mol. The normalized spacial score (nSPS) is 13.8. The largest absolute Gasteiger partial charge is 0.307 e. The Balaban J connectivity index is 3.49. The average molecular weight is 139 g/mol. The lowest BCUT2D eigenvalue weighted by Crippen LogP contribution is -2.26. The van der Waals surface area contributed by atoms with Gasteiger partial charge in [0.2, 0.25) is 0 Å². The van der Waals surface area contributed by atoms with E-state index in [0.717, 1.165) is 13.0 Å². The van der Waals surface area contributed by atoms with Crippen LogP contribution in [0.4, 0.5) is 0 Å². The molecule has 1 N–H and O–H groups in total. The Bertz CT molecular complexity index is 105. The summed E-state index contributed by atoms with van der Waals surface area (Å²) in [7, 11) is 0. The molecule has 1 nitrogen and oxygen atoms in total. The minimum absolute atomic E-state index is 0.517. The molecule has 0 fully saturated rings. The van der Waals surface area contributed by atoms with Gasteiger partial charge in [0.15, 0.2) is 0 Å². The molecule has 0 heterocycles. The van der Waals surface area contributed by atoms with Crippen LogP contribution in [0.5, 0.6) is 0 Å². The van der Waals surface area contributed by atoms with Gasteiger partial charge < -0.3 is 5.32 Å². The maximum absolute atomic E-state index is 3.64. The summed E-state index contributed by atoms with van der Waals surface area (Å²) in [6.07, 6.45) is 7.26. The molecule has 1 heteroatoms. The van der Waals surface area contributed by atoms with Crippen molar-refractivity contribution in [3.8, 4) is 0 Å². The fourth-order valence-electron chi connectivity index (χ4n) is 0.815. The van der Waals surface area contributed by atoms with Crippen LogP contribution >= 0.6 is 0 Å². The highest BCUT2D eigenvalue weighted by Crippen LogP contribution is 1.91. The summed E-state index contributed by atoms with van der Waals surface area (Å²) in [5.41, 5.74) is 0. The Hall–Kier alpha value is -0.560. The molecule has 10 heavy (non-hydrogen) atoms. The van der Waals surface area contributed by atoms with Crippen molar-refractivity contribution in [1.29, 1.82) is 0 Å². The summed E-state index contributed by atoms with van der Waals surface area (Å²) < 4.78 is 0. The van der Waals surface area contributed by atoms with Crippen molar-refractivity contribution < 1.29 is 0 Å². The Morgan fingerprint density at radius 1 is 1.60 bits per heavy atom. The van der Waals surface area contributed by atoms with E-state index in [1.807, 2.05) is 13.0 Å². The lowest BCUT2D eigenvalue weighted by molar-refractivity contribution is 0.616. The first-order chi connectivity index (χ1) is 4.85. The maximum atomic E-state index is 3.64. The second-order valence-corrected chi connectivity index (χ2v) is 2.24. The third-order valence-electron chi connectivity index (χ3n) is 1.39. The molecule has 0 aliphatic carbocycles. The Labute approximate surface area is 63.8 Å². The lowest BCUT2D eigenvalue weighted by atomic mass is 10.2. The van der Waals surface area contributed by atoms with Crippen LogP contribution in [0.25, 0.3) is 0 Å². The first-order valence-corrected chi connectivity index (χ1v) is 3.82. The van der Waals surface area contributed by atoms with Gasteiger partial charge in [-0.25, -0.2) is 0 Å². The first-order valence-electron chi connectivity index (χ1n) is 3.82. The van der Waals surface area contributed by atoms with E-state index < -0.39 is 0 Å². The summed E-state index contributed by atoms with van der Waals surface area (Å²) in [5.74, 6) is 0. The van der Waals surface area contributed by atoms with Crippen LogP contribution in [0.1, 0.15) is 20.3 Å². The molecule has 0 aromatic carbocycles. The summed E-state index contributed by atoms with van der Waals surface area (Å²) in [5, 5.41) is 3.32. The topological polar surface area (TPSA) is 12.0 Å². The van der Waals surface area contributed by atoms with E-state index in [9.17, 15) is 0 Å². The zero-order valence-electron chi connectivity index (χ0n) is 6.93. The molecule has 0 saturated heterocycles. The Morgan fingerprint density at radius 3 is 2.70 bits per heavy atom. The second kappa shape index (κ2) is 6.56. The maximum Gasteiger partial charge on any atom is 0.0250 e. The van der Waals surface area contributed by atoms with Gasteiger partial charge in [-0.2, -0.15) is 0 Å². The molecule has 0 aliphatic heterocycles. The molecule has 0 aliphatic rings. The summed E-state index contributed by atoms with van der Waals surface area (Å²) in [4.78, 5) is 0. The highest BCUT2D eigenvalue weighted by atomic mass is 14.9. The van der Waals surface area contributed by atoms with Gasteiger partial charge in [0, 0.05) is 12.6 Å². The van der Waals surface area contributed by atoms with Crippen molar-refractivity contribution in [1.82, 2.24) is 5.32 Å². The van der Waals surface area contributed by atoms with Gasteiger partial charge in [-0.15, -0.1) is 6.58 Å². The number of hydrogen-bond donors (Lipinski definition) is 1. The van der Waals surface area contributed by atoms with Crippen LogP contribution in [0.2, 0.25) is 0 Å². The Morgan fingerprint density at radius 2 is 2.30 bits per heavy atom. The molecule has 58 valence electrons. The van der Waals surface area contributed by atoms with Crippen molar-refractivity contribution in [3.05, 3.63) is 24.8 Å². The van der Waals surface area contributed by atoms with E-state index >= 15 is 0 Å². The second-order valence-electron chi connectivity index (χ2n) is 2.24. The van der Waals surface area contributed by atoms with Gasteiger partial charge in [0.05, 0.1) is 0 Å². The van der Waals surface area contributed by atoms with E-state index in [0.29, 0.717) is 6.04 Å². The molecule has 0 spiro atoms. The van der Waals surface area contributed by atoms with Crippen molar-refractivity contribution >= 4 is 0 Å². The van der Waals surface area contributed by atoms with Crippen molar-refractivity contribution in [2.75, 3.05) is 6.54 Å². The van der Waals surface area contributed by atoms with Crippen LogP contribution < -0.4 is 5.32 Å². The van der Waals surface area contributed by atoms with Crippen molar-refractivity contribution in [3.63, 3.8) is 0 Å². The van der Waals surface area contributed by atoms with Crippen LogP contribution in [-0.2, 0) is 0 Å². The number of rotatable bonds is 5. The fourth-order valence-corrected chi connectivity index (χ4v) is 0.815. The van der Waals surface area contributed by atoms with Gasteiger partial charge in [-0.1, -0.05) is 25.2 Å². The molecule has 0 radical (unpaired) electrons. The van der Waals surface area contributed by atoms with Crippen LogP contribution in [0.3, 0.4) is 0 Å². The molecule has 0 amide bonds. The molecule has 0 bridgehead atoms. The summed E-state index contributed by atoms with van der Waals surface area (Å²) in [6.45, 7) is 8.74. The molecule has 0 unspecified atom stereocenters. The third-order valence-corrected chi connectivity index (χ3v) is 1.39. The van der Waals surface area contributed by atoms with E-state index in [-0.39, 0.29) is 0 Å². The van der Waals surface area contributed by atoms with E-state index in [1.165, 1.54) is 0 Å². The minimum atomic E-state index is 0.517. The molecule has 0 saturated carbocycles. The number of hydrogen-bond acceptors (Lipinski definition) is 1. The minimum Gasteiger partial charge on any atom is -0.307 e. The number of allylic oxidation sites excluding steroid dienone is 1. The predicted octanol–water partition coefficient (Wildman–Crippen LogP) is 2.12. The van der Waals surface area contributed by atoms with Gasteiger partial charge in [-0.05, 0) is 13.3 Å². The van der Waals surface area contributed by atoms with Crippen LogP contribution in [0.15, 0.2) is 24.8 Å². The fraction of sp³-hybridized carbons (Fsp3) is 0.556. The lowest BCUT2D eigenvalue weighted by Gasteiger charge is -2.09. The molecule has 0 aromatic rings. The van der Waals surface area contributed by atoms with E-state index in [2.05, 4.69) is 31.0 Å². The van der Waals surface area contributed by atoms with Crippen molar-refractivity contribution in [2.45, 2.75) is 26.3 Å². The molecular formula is C9H17N. The number of nitrogens with one attached hydrogen (secondary N) is 1. The van der Waals surface area contributed by atoms with Gasteiger partial charge >= 0.3 is 0 Å². The molecule has 0 rings (SSSR count). The molecule has 1 atom stereocenters. The molecule has 0 aromatic heterocycles. The quantitative estimate of drug-likeness (QED) is 0.575. The molecular weight excluding hydrogens is 122 g/mol. The summed E-state index contributed by atoms with van der Waals surface area (Å²) in [6, 6.07) is 0.517. The summed E-state index contributed by atoms with van der Waals surface area (Å²) >= 11 is 0. The third kappa shape index (κ3) is 4.33. The smallest absolute Gasteiger partial charge is 0.0250 e.